The van der Waals surface area contributed by atoms with Crippen LogP contribution >= 0.6 is 0 Å². The minimum Gasteiger partial charge on any atom is -0.491 e. The molecule has 1 heterocycles. The van der Waals surface area contributed by atoms with Crippen LogP contribution in [0.4, 0.5) is 0 Å². The molecule has 2 aromatic carbocycles. The predicted molar refractivity (Wildman–Crippen MR) is 104 cm³/mol. The zero-order chi connectivity index (χ0) is 18.7. The number of hydrogen-bond acceptors (Lipinski definition) is 3. The van der Waals surface area contributed by atoms with E-state index in [4.69, 9.17) is 4.74 Å². The number of aromatic nitrogens is 2. The van der Waals surface area contributed by atoms with Crippen molar-refractivity contribution < 1.29 is 9.84 Å². The smallest absolute Gasteiger partial charge is 0.329 e. The molecule has 0 radical (unpaired) electrons. The van der Waals surface area contributed by atoms with Gasteiger partial charge in [0.15, 0.2) is 0 Å². The molecule has 0 bridgehead atoms. The molecule has 0 fully saturated rings. The minimum atomic E-state index is -0.769. The van der Waals surface area contributed by atoms with E-state index < -0.39 is 6.10 Å². The Labute approximate surface area is 153 Å². The van der Waals surface area contributed by atoms with Gasteiger partial charge in [-0.3, -0.25) is 9.13 Å². The third-order valence-electron chi connectivity index (χ3n) is 4.53. The Bertz CT molecular complexity index is 956. The second-order valence-electron chi connectivity index (χ2n) is 6.77. The first-order valence-corrected chi connectivity index (χ1v) is 9.07. The second kappa shape index (κ2) is 7.79. The maximum Gasteiger partial charge on any atom is 0.329 e. The van der Waals surface area contributed by atoms with Crippen LogP contribution in [-0.2, 0) is 13.1 Å². The molecule has 0 unspecified atom stereocenters. The van der Waals surface area contributed by atoms with Crippen molar-refractivity contribution in [3.05, 3.63) is 64.1 Å². The molecule has 5 nitrogen and oxygen atoms in total. The van der Waals surface area contributed by atoms with Crippen LogP contribution in [0.15, 0.2) is 47.3 Å². The van der Waals surface area contributed by atoms with E-state index >= 15 is 0 Å². The molecule has 1 aromatic heterocycles. The van der Waals surface area contributed by atoms with Crippen molar-refractivity contribution in [2.45, 2.75) is 46.4 Å². The highest BCUT2D eigenvalue weighted by Crippen LogP contribution is 2.19. The molecule has 3 aromatic rings. The van der Waals surface area contributed by atoms with E-state index in [0.29, 0.717) is 6.54 Å². The summed E-state index contributed by atoms with van der Waals surface area (Å²) in [5, 5.41) is 10.4. The highest BCUT2D eigenvalue weighted by atomic mass is 16.5. The number of aliphatic hydroxyl groups is 1. The standard InChI is InChI=1S/C21H26N2O3/c1-4-11-22-18-7-5-6-8-19(18)23(21(22)25)13-17(24)14-26-20-10-9-15(2)12-16(20)3/h5-10,12,17,24H,4,11,13-14H2,1-3H3/t17-/m0/s1. The topological polar surface area (TPSA) is 56.4 Å². The number of fused-ring (bicyclic) bond motifs is 1. The van der Waals surface area contributed by atoms with Crippen LogP contribution < -0.4 is 10.4 Å². The molecule has 1 N–H and O–H groups in total. The van der Waals surface area contributed by atoms with Crippen LogP contribution in [0.25, 0.3) is 11.0 Å². The van der Waals surface area contributed by atoms with Crippen molar-refractivity contribution in [2.24, 2.45) is 0 Å². The van der Waals surface area contributed by atoms with Crippen LogP contribution in [0.2, 0.25) is 0 Å². The normalized spacial score (nSPS) is 12.5. The van der Waals surface area contributed by atoms with Crippen LogP contribution in [0.1, 0.15) is 24.5 Å². The number of imidazole rings is 1. The number of ether oxygens (including phenoxy) is 1. The number of para-hydroxylation sites is 2. The van der Waals surface area contributed by atoms with Gasteiger partial charge in [-0.2, -0.15) is 0 Å². The number of aryl methyl sites for hydroxylation is 3. The first kappa shape index (κ1) is 18.3. The van der Waals surface area contributed by atoms with Crippen molar-refractivity contribution >= 4 is 11.0 Å². The molecule has 5 heteroatoms. The number of aliphatic hydroxyl groups excluding tert-OH is 1. The third-order valence-corrected chi connectivity index (χ3v) is 4.53. The maximum atomic E-state index is 12.8. The number of benzene rings is 2. The first-order chi connectivity index (χ1) is 12.5. The largest absolute Gasteiger partial charge is 0.491 e. The summed E-state index contributed by atoms with van der Waals surface area (Å²) in [6.07, 6.45) is 0.112. The zero-order valence-electron chi connectivity index (χ0n) is 15.6. The van der Waals surface area contributed by atoms with E-state index in [1.807, 2.05) is 63.2 Å². The Hall–Kier alpha value is -2.53. The van der Waals surface area contributed by atoms with Gasteiger partial charge < -0.3 is 9.84 Å². The van der Waals surface area contributed by atoms with Crippen LogP contribution in [0, 0.1) is 13.8 Å². The van der Waals surface area contributed by atoms with Crippen molar-refractivity contribution in [3.63, 3.8) is 0 Å². The molecule has 0 amide bonds. The van der Waals surface area contributed by atoms with Gasteiger partial charge >= 0.3 is 5.69 Å². The van der Waals surface area contributed by atoms with Gasteiger partial charge in [-0.1, -0.05) is 36.8 Å². The monoisotopic (exact) mass is 354 g/mol. The Morgan fingerprint density at radius 3 is 2.42 bits per heavy atom. The average molecular weight is 354 g/mol. The van der Waals surface area contributed by atoms with Crippen LogP contribution in [0.3, 0.4) is 0 Å². The number of hydrogen-bond donors (Lipinski definition) is 1. The second-order valence-corrected chi connectivity index (χ2v) is 6.77. The molecule has 0 aliphatic carbocycles. The van der Waals surface area contributed by atoms with E-state index in [1.165, 1.54) is 5.56 Å². The molecule has 0 aliphatic rings. The Kier molecular flexibility index (Phi) is 5.47. The molecular formula is C21H26N2O3. The van der Waals surface area contributed by atoms with Gasteiger partial charge in [-0.05, 0) is 44.0 Å². The van der Waals surface area contributed by atoms with Gasteiger partial charge in [0.1, 0.15) is 18.5 Å². The maximum absolute atomic E-state index is 12.8. The third kappa shape index (κ3) is 3.68. The Morgan fingerprint density at radius 2 is 1.77 bits per heavy atom. The quantitative estimate of drug-likeness (QED) is 0.708. The summed E-state index contributed by atoms with van der Waals surface area (Å²) >= 11 is 0. The molecule has 138 valence electrons. The fourth-order valence-corrected chi connectivity index (χ4v) is 3.30. The van der Waals surface area contributed by atoms with E-state index in [9.17, 15) is 9.90 Å². The van der Waals surface area contributed by atoms with Crippen molar-refractivity contribution in [2.75, 3.05) is 6.61 Å². The molecule has 0 aliphatic heterocycles. The van der Waals surface area contributed by atoms with Crippen LogP contribution in [-0.4, -0.2) is 27.0 Å². The summed E-state index contributed by atoms with van der Waals surface area (Å²) in [6, 6.07) is 13.6. The van der Waals surface area contributed by atoms with Gasteiger partial charge in [0, 0.05) is 6.54 Å². The lowest BCUT2D eigenvalue weighted by atomic mass is 10.1. The summed E-state index contributed by atoms with van der Waals surface area (Å²) in [5.41, 5.74) is 3.87. The zero-order valence-corrected chi connectivity index (χ0v) is 15.6. The fourth-order valence-electron chi connectivity index (χ4n) is 3.30. The lowest BCUT2D eigenvalue weighted by molar-refractivity contribution is 0.0921. The van der Waals surface area contributed by atoms with E-state index in [2.05, 4.69) is 0 Å². The molecular weight excluding hydrogens is 328 g/mol. The predicted octanol–water partition coefficient (Wildman–Crippen LogP) is 3.27. The molecule has 0 saturated carbocycles. The summed E-state index contributed by atoms with van der Waals surface area (Å²) in [5.74, 6) is 0.760. The van der Waals surface area contributed by atoms with Crippen molar-refractivity contribution in [3.8, 4) is 5.75 Å². The van der Waals surface area contributed by atoms with Gasteiger partial charge in [-0.25, -0.2) is 4.79 Å². The highest BCUT2D eigenvalue weighted by molar-refractivity contribution is 5.76. The number of nitrogens with zero attached hydrogens (tertiary/aromatic N) is 2. The highest BCUT2D eigenvalue weighted by Gasteiger charge is 2.16. The van der Waals surface area contributed by atoms with Gasteiger partial charge in [0.2, 0.25) is 0 Å². The molecule has 0 saturated heterocycles. The summed E-state index contributed by atoms with van der Waals surface area (Å²) in [4.78, 5) is 12.8. The van der Waals surface area contributed by atoms with E-state index in [1.54, 1.807) is 9.13 Å². The molecule has 0 spiro atoms. The summed E-state index contributed by atoms with van der Waals surface area (Å²) in [7, 11) is 0. The Balaban J connectivity index is 1.78. The first-order valence-electron chi connectivity index (χ1n) is 9.07. The fraction of sp³-hybridized carbons (Fsp3) is 0.381. The Morgan fingerprint density at radius 1 is 1.08 bits per heavy atom. The lowest BCUT2D eigenvalue weighted by Crippen LogP contribution is -2.31. The minimum absolute atomic E-state index is 0.0846. The van der Waals surface area contributed by atoms with Crippen LogP contribution in [0.5, 0.6) is 5.75 Å². The van der Waals surface area contributed by atoms with E-state index in [-0.39, 0.29) is 18.8 Å². The summed E-state index contributed by atoms with van der Waals surface area (Å²) in [6.45, 7) is 7.08. The van der Waals surface area contributed by atoms with Gasteiger partial charge in [0.25, 0.3) is 0 Å². The summed E-state index contributed by atoms with van der Waals surface area (Å²) < 4.78 is 9.17. The lowest BCUT2D eigenvalue weighted by Gasteiger charge is -2.15. The molecule has 26 heavy (non-hydrogen) atoms. The molecule has 3 rings (SSSR count). The average Bonchev–Trinajstić information content (AvgIpc) is 2.87. The van der Waals surface area contributed by atoms with Gasteiger partial charge in [0.05, 0.1) is 17.6 Å². The number of rotatable bonds is 7. The van der Waals surface area contributed by atoms with Crippen molar-refractivity contribution in [1.82, 2.24) is 9.13 Å². The SMILES string of the molecule is CCCn1c(=O)n(C[C@H](O)COc2ccc(C)cc2C)c2ccccc21. The van der Waals surface area contributed by atoms with E-state index in [0.717, 1.165) is 28.8 Å². The molecule has 1 atom stereocenters. The van der Waals surface area contributed by atoms with Crippen molar-refractivity contribution in [1.29, 1.82) is 0 Å². The van der Waals surface area contributed by atoms with Gasteiger partial charge in [-0.15, -0.1) is 0 Å².